The third-order valence-electron chi connectivity index (χ3n) is 4.60. The lowest BCUT2D eigenvalue weighted by Gasteiger charge is -2.05. The second-order valence-corrected chi connectivity index (χ2v) is 10.7. The Bertz CT molecular complexity index is 1200. The number of thiazole rings is 1. The molecule has 0 unspecified atom stereocenters. The van der Waals surface area contributed by atoms with E-state index in [1.165, 1.54) is 11.3 Å². The summed E-state index contributed by atoms with van der Waals surface area (Å²) in [6.45, 7) is 3.60. The average molecular weight is 481 g/mol. The van der Waals surface area contributed by atoms with Crippen molar-refractivity contribution in [3.8, 4) is 0 Å². The monoisotopic (exact) mass is 480 g/mol. The molecule has 3 aromatic rings. The maximum atomic E-state index is 12.5. The smallest absolute Gasteiger partial charge is 0.248 e. The predicted molar refractivity (Wildman–Crippen MR) is 125 cm³/mol. The van der Waals surface area contributed by atoms with Gasteiger partial charge in [-0.15, -0.1) is 0 Å². The van der Waals surface area contributed by atoms with E-state index in [2.05, 4.69) is 4.99 Å². The van der Waals surface area contributed by atoms with Crippen molar-refractivity contribution in [1.29, 1.82) is 0 Å². The number of hydrogen-bond donors (Lipinski definition) is 0. The first-order valence-electron chi connectivity index (χ1n) is 10.1. The van der Waals surface area contributed by atoms with E-state index in [4.69, 9.17) is 16.3 Å². The van der Waals surface area contributed by atoms with Crippen LogP contribution in [0, 0.1) is 0 Å². The van der Waals surface area contributed by atoms with Crippen LogP contribution in [-0.4, -0.2) is 37.9 Å². The van der Waals surface area contributed by atoms with Crippen molar-refractivity contribution in [2.24, 2.45) is 4.99 Å². The zero-order valence-corrected chi connectivity index (χ0v) is 19.7. The fourth-order valence-corrected chi connectivity index (χ4v) is 5.93. The first-order chi connectivity index (χ1) is 14.9. The van der Waals surface area contributed by atoms with Crippen LogP contribution in [0.15, 0.2) is 53.5 Å². The molecule has 1 aromatic heterocycles. The van der Waals surface area contributed by atoms with Crippen LogP contribution < -0.4 is 4.80 Å². The van der Waals surface area contributed by atoms with Gasteiger partial charge in [-0.2, -0.15) is 4.99 Å². The molecular formula is C22H25ClN2O4S2. The van der Waals surface area contributed by atoms with Gasteiger partial charge < -0.3 is 9.30 Å². The molecule has 0 atom stereocenters. The standard InChI is InChI=1S/C22H25ClN2O4S2/c1-2-29-13-12-25-19-11-10-18(23)15-20(19)30-22(25)24-21(26)9-6-14-31(27,28)16-17-7-4-3-5-8-17/h3-5,7-8,10-11,15H,2,6,9,12-14,16H2,1H3. The molecule has 0 radical (unpaired) electrons. The molecule has 0 spiro atoms. The molecular weight excluding hydrogens is 456 g/mol. The lowest BCUT2D eigenvalue weighted by Crippen LogP contribution is -2.20. The Morgan fingerprint density at radius 1 is 1.19 bits per heavy atom. The number of amides is 1. The van der Waals surface area contributed by atoms with E-state index in [0.717, 1.165) is 15.8 Å². The Labute approximate surface area is 191 Å². The maximum absolute atomic E-state index is 12.5. The number of fused-ring (bicyclic) bond motifs is 1. The summed E-state index contributed by atoms with van der Waals surface area (Å²) in [5.41, 5.74) is 1.68. The highest BCUT2D eigenvalue weighted by Gasteiger charge is 2.14. The van der Waals surface area contributed by atoms with Crippen molar-refractivity contribution in [2.45, 2.75) is 32.1 Å². The highest BCUT2D eigenvalue weighted by atomic mass is 35.5. The molecule has 31 heavy (non-hydrogen) atoms. The van der Waals surface area contributed by atoms with E-state index in [1.54, 1.807) is 18.2 Å². The van der Waals surface area contributed by atoms with Crippen LogP contribution in [0.1, 0.15) is 25.3 Å². The molecule has 166 valence electrons. The van der Waals surface area contributed by atoms with Crippen LogP contribution in [0.25, 0.3) is 10.2 Å². The predicted octanol–water partition coefficient (Wildman–Crippen LogP) is 4.22. The number of sulfone groups is 1. The maximum Gasteiger partial charge on any atom is 0.248 e. The van der Waals surface area contributed by atoms with E-state index >= 15 is 0 Å². The molecule has 0 N–H and O–H groups in total. The molecule has 0 saturated carbocycles. The first kappa shape index (κ1) is 23.7. The molecule has 9 heteroatoms. The third-order valence-corrected chi connectivity index (χ3v) is 7.56. The number of carbonyl (C=O) groups is 1. The molecule has 1 heterocycles. The van der Waals surface area contributed by atoms with Gasteiger partial charge in [0.25, 0.3) is 0 Å². The zero-order chi connectivity index (χ0) is 22.3. The van der Waals surface area contributed by atoms with Crippen LogP contribution in [0.4, 0.5) is 0 Å². The van der Waals surface area contributed by atoms with Crippen LogP contribution >= 0.6 is 22.9 Å². The Kier molecular flexibility index (Phi) is 8.43. The van der Waals surface area contributed by atoms with Gasteiger partial charge >= 0.3 is 0 Å². The molecule has 0 saturated heterocycles. The Hall–Kier alpha value is -2.00. The van der Waals surface area contributed by atoms with E-state index < -0.39 is 9.84 Å². The van der Waals surface area contributed by atoms with Gasteiger partial charge in [-0.05, 0) is 37.1 Å². The quantitative estimate of drug-likeness (QED) is 0.407. The summed E-state index contributed by atoms with van der Waals surface area (Å²) >= 11 is 7.48. The minimum Gasteiger partial charge on any atom is -0.380 e. The summed E-state index contributed by atoms with van der Waals surface area (Å²) in [7, 11) is -3.28. The summed E-state index contributed by atoms with van der Waals surface area (Å²) < 4.78 is 33.0. The molecule has 0 aliphatic heterocycles. The van der Waals surface area contributed by atoms with E-state index in [-0.39, 0.29) is 30.3 Å². The zero-order valence-electron chi connectivity index (χ0n) is 17.3. The van der Waals surface area contributed by atoms with Gasteiger partial charge in [0.1, 0.15) is 0 Å². The number of carbonyl (C=O) groups excluding carboxylic acids is 1. The molecule has 0 aliphatic rings. The Balaban J connectivity index is 1.69. The van der Waals surface area contributed by atoms with Crippen LogP contribution in [0.3, 0.4) is 0 Å². The van der Waals surface area contributed by atoms with Gasteiger partial charge in [0.05, 0.1) is 28.3 Å². The second-order valence-electron chi connectivity index (χ2n) is 7.03. The summed E-state index contributed by atoms with van der Waals surface area (Å²) in [5.74, 6) is -0.402. The van der Waals surface area contributed by atoms with Gasteiger partial charge in [-0.3, -0.25) is 4.79 Å². The molecule has 3 rings (SSSR count). The molecule has 2 aromatic carbocycles. The number of ether oxygens (including phenoxy) is 1. The van der Waals surface area contributed by atoms with Crippen molar-refractivity contribution in [3.63, 3.8) is 0 Å². The highest BCUT2D eigenvalue weighted by Crippen LogP contribution is 2.22. The minimum atomic E-state index is -3.28. The molecule has 0 aliphatic carbocycles. The van der Waals surface area contributed by atoms with Crippen molar-refractivity contribution >= 4 is 48.9 Å². The van der Waals surface area contributed by atoms with Gasteiger partial charge in [0.2, 0.25) is 5.91 Å². The fourth-order valence-electron chi connectivity index (χ4n) is 3.15. The summed E-state index contributed by atoms with van der Waals surface area (Å²) in [4.78, 5) is 17.3. The lowest BCUT2D eigenvalue weighted by molar-refractivity contribution is -0.118. The normalized spacial score (nSPS) is 12.5. The lowest BCUT2D eigenvalue weighted by atomic mass is 10.2. The van der Waals surface area contributed by atoms with Crippen molar-refractivity contribution in [1.82, 2.24) is 4.57 Å². The third kappa shape index (κ3) is 7.00. The Morgan fingerprint density at radius 2 is 1.97 bits per heavy atom. The molecule has 1 amide bonds. The first-order valence-corrected chi connectivity index (χ1v) is 13.1. The summed E-state index contributed by atoms with van der Waals surface area (Å²) in [6, 6.07) is 14.6. The average Bonchev–Trinajstić information content (AvgIpc) is 3.04. The Morgan fingerprint density at radius 3 is 2.71 bits per heavy atom. The number of benzene rings is 2. The van der Waals surface area contributed by atoms with Crippen molar-refractivity contribution in [3.05, 3.63) is 63.9 Å². The topological polar surface area (TPSA) is 77.7 Å². The SMILES string of the molecule is CCOCCn1c(=NC(=O)CCCS(=O)(=O)Cc2ccccc2)sc2cc(Cl)ccc21. The van der Waals surface area contributed by atoms with Crippen LogP contribution in [-0.2, 0) is 31.7 Å². The van der Waals surface area contributed by atoms with E-state index in [1.807, 2.05) is 41.8 Å². The van der Waals surface area contributed by atoms with Gasteiger partial charge in [0, 0.05) is 24.6 Å². The van der Waals surface area contributed by atoms with Crippen molar-refractivity contribution < 1.29 is 17.9 Å². The highest BCUT2D eigenvalue weighted by molar-refractivity contribution is 7.90. The number of nitrogens with zero attached hydrogens (tertiary/aromatic N) is 2. The number of rotatable bonds is 10. The minimum absolute atomic E-state index is 0.0202. The van der Waals surface area contributed by atoms with E-state index in [0.29, 0.717) is 29.6 Å². The molecule has 0 fully saturated rings. The number of halogens is 1. The largest absolute Gasteiger partial charge is 0.380 e. The van der Waals surface area contributed by atoms with Gasteiger partial charge in [0.15, 0.2) is 14.6 Å². The fraction of sp³-hybridized carbons (Fsp3) is 0.364. The molecule has 0 bridgehead atoms. The van der Waals surface area contributed by atoms with Crippen LogP contribution in [0.2, 0.25) is 5.02 Å². The van der Waals surface area contributed by atoms with Crippen LogP contribution in [0.5, 0.6) is 0 Å². The molecule has 6 nitrogen and oxygen atoms in total. The summed E-state index contributed by atoms with van der Waals surface area (Å²) in [5, 5.41) is 0.618. The van der Waals surface area contributed by atoms with Gasteiger partial charge in [-0.1, -0.05) is 53.3 Å². The van der Waals surface area contributed by atoms with E-state index in [9.17, 15) is 13.2 Å². The summed E-state index contributed by atoms with van der Waals surface area (Å²) in [6.07, 6.45) is 0.321. The van der Waals surface area contributed by atoms with Crippen molar-refractivity contribution in [2.75, 3.05) is 19.0 Å². The second kappa shape index (κ2) is 11.0. The number of hydrogen-bond acceptors (Lipinski definition) is 5. The number of aromatic nitrogens is 1. The van der Waals surface area contributed by atoms with Gasteiger partial charge in [-0.25, -0.2) is 8.42 Å².